The highest BCUT2D eigenvalue weighted by Gasteiger charge is 2.56. The van der Waals surface area contributed by atoms with E-state index in [0.29, 0.717) is 10.2 Å². The van der Waals surface area contributed by atoms with Crippen LogP contribution in [0, 0.1) is 12.8 Å². The summed E-state index contributed by atoms with van der Waals surface area (Å²) in [6, 6.07) is 23.3. The lowest BCUT2D eigenvalue weighted by atomic mass is 9.77. The summed E-state index contributed by atoms with van der Waals surface area (Å²) in [7, 11) is 0. The Kier molecular flexibility index (Phi) is 7.01. The molecule has 1 saturated carbocycles. The molecule has 0 N–H and O–H groups in total. The molecule has 9 nitrogen and oxygen atoms in total. The van der Waals surface area contributed by atoms with Crippen LogP contribution >= 0.6 is 15.9 Å². The number of imide groups is 1. The van der Waals surface area contributed by atoms with Gasteiger partial charge in [0.25, 0.3) is 17.7 Å². The Morgan fingerprint density at radius 1 is 0.977 bits per heavy atom. The van der Waals surface area contributed by atoms with Gasteiger partial charge in [0.05, 0.1) is 17.4 Å². The molecule has 1 aliphatic carbocycles. The van der Waals surface area contributed by atoms with E-state index in [1.807, 2.05) is 67.6 Å². The molecule has 10 heteroatoms. The number of rotatable bonds is 5. The van der Waals surface area contributed by atoms with Crippen molar-refractivity contribution in [1.29, 1.82) is 0 Å². The van der Waals surface area contributed by atoms with Crippen molar-refractivity contribution in [2.75, 3.05) is 11.4 Å². The van der Waals surface area contributed by atoms with Gasteiger partial charge in [0.1, 0.15) is 6.54 Å². The van der Waals surface area contributed by atoms with Gasteiger partial charge in [-0.2, -0.15) is 10.2 Å². The third kappa shape index (κ3) is 4.79. The first-order valence-corrected chi connectivity index (χ1v) is 15.2. The zero-order valence-corrected chi connectivity index (χ0v) is 25.1. The molecule has 0 bridgehead atoms. The maximum Gasteiger partial charge on any atom is 0.264 e. The molecule has 7 rings (SSSR count). The van der Waals surface area contributed by atoms with Crippen LogP contribution in [0.2, 0.25) is 0 Å². The van der Waals surface area contributed by atoms with E-state index in [0.717, 1.165) is 52.1 Å². The van der Waals surface area contributed by atoms with Crippen molar-refractivity contribution in [3.8, 4) is 0 Å². The number of fused-ring (bicyclic) bond motifs is 2. The minimum atomic E-state index is -0.994. The van der Waals surface area contributed by atoms with Crippen LogP contribution in [0.1, 0.15) is 42.0 Å². The topological polar surface area (TPSA) is 98.0 Å². The van der Waals surface area contributed by atoms with Crippen LogP contribution in [0.25, 0.3) is 6.08 Å². The first kappa shape index (κ1) is 27.4. The quantitative estimate of drug-likeness (QED) is 0.327. The summed E-state index contributed by atoms with van der Waals surface area (Å²) in [6.07, 6.45) is 4.97. The molecule has 3 aromatic carbocycles. The van der Waals surface area contributed by atoms with Gasteiger partial charge in [-0.25, -0.2) is 9.91 Å². The van der Waals surface area contributed by atoms with Gasteiger partial charge in [-0.05, 0) is 82.6 Å². The molecular formula is C33H29BrN6O3. The molecule has 3 aliphatic heterocycles. The van der Waals surface area contributed by atoms with Gasteiger partial charge in [0.2, 0.25) is 0 Å². The first-order chi connectivity index (χ1) is 20.9. The van der Waals surface area contributed by atoms with Gasteiger partial charge in [-0.3, -0.25) is 19.4 Å². The molecule has 3 amide bonds. The van der Waals surface area contributed by atoms with E-state index >= 15 is 0 Å². The van der Waals surface area contributed by atoms with Gasteiger partial charge in [-0.15, -0.1) is 0 Å². The average Bonchev–Trinajstić information content (AvgIpc) is 3.68. The number of carbonyl (C=O) groups is 3. The summed E-state index contributed by atoms with van der Waals surface area (Å²) < 4.78 is 0.634. The van der Waals surface area contributed by atoms with Gasteiger partial charge < -0.3 is 0 Å². The van der Waals surface area contributed by atoms with Crippen molar-refractivity contribution in [1.82, 2.24) is 10.0 Å². The number of amides is 3. The second-order valence-electron chi connectivity index (χ2n) is 11.3. The normalized spacial score (nSPS) is 25.4. The number of carbonyl (C=O) groups excluding carboxylic acids is 3. The second-order valence-corrected chi connectivity index (χ2v) is 12.2. The Bertz CT molecular complexity index is 1710. The van der Waals surface area contributed by atoms with Gasteiger partial charge in [0.15, 0.2) is 12.1 Å². The Hall–Kier alpha value is -4.44. The lowest BCUT2D eigenvalue weighted by molar-refractivity contribution is -0.136. The maximum atomic E-state index is 14.1. The van der Waals surface area contributed by atoms with E-state index in [9.17, 15) is 14.4 Å². The SMILES string of the molecule is Cc1ccc(N2C(=O)[C@@H]3[C@@H](N=NN3CC(=O)N3N=C4/C(=C/c5ccccc5)CCC[C@@H]4[C@H]3c3ccccc3)C2=O)c(Br)c1. The fourth-order valence-electron chi connectivity index (χ4n) is 6.54. The van der Waals surface area contributed by atoms with Gasteiger partial charge in [0, 0.05) is 10.4 Å². The summed E-state index contributed by atoms with van der Waals surface area (Å²) in [5.41, 5.74) is 5.61. The van der Waals surface area contributed by atoms with E-state index in [2.05, 4.69) is 44.5 Å². The number of halogens is 1. The maximum absolute atomic E-state index is 14.1. The van der Waals surface area contributed by atoms with Crippen LogP contribution in [-0.4, -0.2) is 52.1 Å². The largest absolute Gasteiger partial charge is 0.271 e. The van der Waals surface area contributed by atoms with E-state index < -0.39 is 23.9 Å². The summed E-state index contributed by atoms with van der Waals surface area (Å²) in [4.78, 5) is 42.1. The van der Waals surface area contributed by atoms with Crippen molar-refractivity contribution in [2.24, 2.45) is 21.4 Å². The van der Waals surface area contributed by atoms with Gasteiger partial charge in [-0.1, -0.05) is 72.0 Å². The fraction of sp³-hybridized carbons (Fsp3) is 0.273. The molecule has 43 heavy (non-hydrogen) atoms. The molecule has 4 aliphatic rings. The zero-order chi connectivity index (χ0) is 29.7. The Morgan fingerprint density at radius 2 is 1.72 bits per heavy atom. The predicted molar refractivity (Wildman–Crippen MR) is 166 cm³/mol. The average molecular weight is 638 g/mol. The lowest BCUT2D eigenvalue weighted by Crippen LogP contribution is -2.45. The van der Waals surface area contributed by atoms with E-state index in [1.54, 1.807) is 11.1 Å². The summed E-state index contributed by atoms with van der Waals surface area (Å²) >= 11 is 3.48. The van der Waals surface area contributed by atoms with Crippen molar-refractivity contribution >= 4 is 51.1 Å². The molecule has 0 unspecified atom stereocenters. The lowest BCUT2D eigenvalue weighted by Gasteiger charge is -2.30. The second kappa shape index (κ2) is 11.0. The van der Waals surface area contributed by atoms with Crippen LogP contribution in [0.15, 0.2) is 104 Å². The highest BCUT2D eigenvalue weighted by molar-refractivity contribution is 9.10. The molecule has 4 atom stereocenters. The molecular weight excluding hydrogens is 608 g/mol. The Balaban J connectivity index is 1.18. The highest BCUT2D eigenvalue weighted by atomic mass is 79.9. The predicted octanol–water partition coefficient (Wildman–Crippen LogP) is 5.87. The third-order valence-electron chi connectivity index (χ3n) is 8.54. The number of hydrazone groups is 1. The minimum absolute atomic E-state index is 0.0482. The third-order valence-corrected chi connectivity index (χ3v) is 9.17. The monoisotopic (exact) mass is 636 g/mol. The molecule has 3 aromatic rings. The van der Waals surface area contributed by atoms with Crippen LogP contribution in [0.4, 0.5) is 5.69 Å². The molecule has 2 fully saturated rings. The smallest absolute Gasteiger partial charge is 0.264 e. The van der Waals surface area contributed by atoms with Crippen LogP contribution in [0.5, 0.6) is 0 Å². The minimum Gasteiger partial charge on any atom is -0.271 e. The number of hydrogen-bond acceptors (Lipinski definition) is 7. The number of allylic oxidation sites excluding steroid dienone is 1. The Labute approximate surface area is 257 Å². The number of benzene rings is 3. The molecule has 1 saturated heterocycles. The molecule has 216 valence electrons. The summed E-state index contributed by atoms with van der Waals surface area (Å²) in [6.45, 7) is 1.70. The van der Waals surface area contributed by atoms with E-state index in [-0.39, 0.29) is 24.4 Å². The highest BCUT2D eigenvalue weighted by Crippen LogP contribution is 2.45. The Morgan fingerprint density at radius 3 is 2.47 bits per heavy atom. The van der Waals surface area contributed by atoms with E-state index in [4.69, 9.17) is 5.10 Å². The van der Waals surface area contributed by atoms with Crippen molar-refractivity contribution < 1.29 is 14.4 Å². The van der Waals surface area contributed by atoms with Crippen LogP contribution in [0.3, 0.4) is 0 Å². The molecule has 0 aromatic heterocycles. The fourth-order valence-corrected chi connectivity index (χ4v) is 7.21. The van der Waals surface area contributed by atoms with Crippen molar-refractivity contribution in [3.63, 3.8) is 0 Å². The van der Waals surface area contributed by atoms with E-state index in [1.165, 1.54) is 5.01 Å². The molecule has 0 radical (unpaired) electrons. The number of nitrogens with zero attached hydrogens (tertiary/aromatic N) is 6. The standard InChI is InChI=1S/C33H29BrN6O3/c1-20-15-16-26(25(34)17-20)39-32(42)29-31(33(39)43)38(37-35-29)19-27(41)40-30(22-11-6-3-7-12-22)24-14-8-13-23(28(24)36-40)18-21-9-4-2-5-10-21/h2-7,9-12,15-18,24,29-31H,8,13-14,19H2,1H3/b23-18+/t24-,29+,30+,31-/m0/s1. The number of hydrogen-bond donors (Lipinski definition) is 0. The number of anilines is 1. The number of aryl methyl sites for hydroxylation is 1. The zero-order valence-electron chi connectivity index (χ0n) is 23.5. The molecule has 0 spiro atoms. The molecule has 3 heterocycles. The van der Waals surface area contributed by atoms with Crippen molar-refractivity contribution in [2.45, 2.75) is 44.3 Å². The van der Waals surface area contributed by atoms with Gasteiger partial charge >= 0.3 is 0 Å². The summed E-state index contributed by atoms with van der Waals surface area (Å²) in [5, 5.41) is 16.1. The summed E-state index contributed by atoms with van der Waals surface area (Å²) in [5.74, 6) is -1.16. The first-order valence-electron chi connectivity index (χ1n) is 14.4. The van der Waals surface area contributed by atoms with Crippen LogP contribution < -0.4 is 4.90 Å². The van der Waals surface area contributed by atoms with Crippen LogP contribution in [-0.2, 0) is 14.4 Å². The van der Waals surface area contributed by atoms with Crippen molar-refractivity contribution in [3.05, 3.63) is 106 Å².